The van der Waals surface area contributed by atoms with E-state index in [-0.39, 0.29) is 30.3 Å². The van der Waals surface area contributed by atoms with Crippen molar-refractivity contribution in [2.75, 3.05) is 40.3 Å². The van der Waals surface area contributed by atoms with E-state index in [4.69, 9.17) is 14.2 Å². The molecular formula is C35H41N7O9S3. The van der Waals surface area contributed by atoms with Crippen LogP contribution in [0.4, 0.5) is 16.2 Å². The van der Waals surface area contributed by atoms with Gasteiger partial charge in [-0.2, -0.15) is 27.4 Å². The number of sulfonamides is 1. The number of nitrogens with one attached hydrogen (secondary N) is 1. The number of anilines is 2. The molecule has 54 heavy (non-hydrogen) atoms. The van der Waals surface area contributed by atoms with Gasteiger partial charge in [-0.1, -0.05) is 13.8 Å². The lowest BCUT2D eigenvalue weighted by Crippen LogP contribution is -2.47. The molecule has 1 saturated heterocycles. The van der Waals surface area contributed by atoms with Crippen LogP contribution in [0.3, 0.4) is 0 Å². The number of rotatable bonds is 9. The Hall–Kier alpha value is -5.08. The Bertz CT molecular complexity index is 2460. The molecule has 1 aliphatic rings. The number of carbonyl (C=O) groups is 1. The Morgan fingerprint density at radius 3 is 2.13 bits per heavy atom. The van der Waals surface area contributed by atoms with E-state index in [1.165, 1.54) is 22.6 Å². The number of fused-ring (bicyclic) bond motifs is 2. The van der Waals surface area contributed by atoms with Crippen molar-refractivity contribution < 1.29 is 39.0 Å². The van der Waals surface area contributed by atoms with Crippen molar-refractivity contribution in [3.05, 3.63) is 72.3 Å². The van der Waals surface area contributed by atoms with Crippen LogP contribution in [0.5, 0.6) is 0 Å². The second-order valence-corrected chi connectivity index (χ2v) is 19.1. The Morgan fingerprint density at radius 2 is 1.57 bits per heavy atom. The van der Waals surface area contributed by atoms with Crippen LogP contribution in [0.15, 0.2) is 60.9 Å². The maximum absolute atomic E-state index is 13.1. The molecule has 2 aromatic heterocycles. The summed E-state index contributed by atoms with van der Waals surface area (Å²) in [4.78, 5) is 20.2. The highest BCUT2D eigenvalue weighted by atomic mass is 32.2. The number of carbonyl (C=O) groups excluding carboxylic acids is 1. The third-order valence-electron chi connectivity index (χ3n) is 7.91. The average molecular weight is 800 g/mol. The zero-order valence-corrected chi connectivity index (χ0v) is 33.0. The molecule has 16 nitrogen and oxygen atoms in total. The van der Waals surface area contributed by atoms with Crippen molar-refractivity contribution in [2.24, 2.45) is 11.8 Å². The zero-order chi connectivity index (χ0) is 40.1. The normalized spacial score (nSPS) is 16.3. The molecule has 0 saturated carbocycles. The van der Waals surface area contributed by atoms with Crippen LogP contribution >= 0.6 is 0 Å². The fourth-order valence-electron chi connectivity index (χ4n) is 5.41. The molecule has 4 aromatic rings. The predicted octanol–water partition coefficient (Wildman–Crippen LogP) is 4.58. The second-order valence-electron chi connectivity index (χ2n) is 13.8. The molecule has 0 radical (unpaired) electrons. The standard InChI is InChI=1S/C20H26N4O7S2.C15H15N3O2S/c1-14(13-30-32(5,26)27)12-24(33(28,29)23-19(25)31-20(2,3)4)16-6-7-17-15(10-16)8-9-22-18(17)11-21;1-11-5-7-21(19,20)18(10-11)13-2-3-14-12(8-13)4-6-17-15(14)9-16/h6-10,14H,12-13H2,1-5H3,(H,23,25);2-4,6,8,11H,5,7,10H2,1H3/t14-;11-/m01/s1. The minimum absolute atomic E-state index is 0.176. The van der Waals surface area contributed by atoms with E-state index in [1.807, 2.05) is 22.9 Å². The first-order valence-electron chi connectivity index (χ1n) is 16.6. The molecule has 0 unspecified atom stereocenters. The summed E-state index contributed by atoms with van der Waals surface area (Å²) in [7, 11) is -11.4. The van der Waals surface area contributed by atoms with Gasteiger partial charge in [0, 0.05) is 36.3 Å². The fraction of sp³-hybridized carbons (Fsp3) is 0.400. The number of nitrogens with zero attached hydrogens (tertiary/aromatic N) is 6. The lowest BCUT2D eigenvalue weighted by atomic mass is 10.1. The first-order chi connectivity index (χ1) is 25.1. The molecule has 3 heterocycles. The third kappa shape index (κ3) is 11.0. The summed E-state index contributed by atoms with van der Waals surface area (Å²) in [6.45, 7) is 8.44. The summed E-state index contributed by atoms with van der Waals surface area (Å²) in [5.41, 5.74) is 0.443. The molecule has 1 fully saturated rings. The minimum atomic E-state index is -4.46. The van der Waals surface area contributed by atoms with Crippen LogP contribution < -0.4 is 13.3 Å². The van der Waals surface area contributed by atoms with Crippen molar-refractivity contribution in [3.63, 3.8) is 0 Å². The van der Waals surface area contributed by atoms with E-state index in [1.54, 1.807) is 64.2 Å². The summed E-state index contributed by atoms with van der Waals surface area (Å²) < 4.78 is 87.5. The number of benzene rings is 2. The number of amides is 1. The van der Waals surface area contributed by atoms with E-state index in [9.17, 15) is 35.3 Å². The van der Waals surface area contributed by atoms with Gasteiger partial charge < -0.3 is 4.74 Å². The van der Waals surface area contributed by atoms with Gasteiger partial charge in [-0.3, -0.25) is 12.8 Å². The van der Waals surface area contributed by atoms with Gasteiger partial charge in [-0.15, -0.1) is 0 Å². The lowest BCUT2D eigenvalue weighted by Gasteiger charge is -2.32. The van der Waals surface area contributed by atoms with E-state index < -0.39 is 48.0 Å². The first-order valence-corrected chi connectivity index (χ1v) is 21.4. The first kappa shape index (κ1) is 41.7. The van der Waals surface area contributed by atoms with Crippen molar-refractivity contribution in [3.8, 4) is 12.1 Å². The molecular weight excluding hydrogens is 759 g/mol. The Balaban J connectivity index is 0.000000264. The van der Waals surface area contributed by atoms with Crippen molar-refractivity contribution >= 4 is 69.4 Å². The molecule has 288 valence electrons. The third-order valence-corrected chi connectivity index (χ3v) is 11.6. The van der Waals surface area contributed by atoms with E-state index in [0.717, 1.165) is 21.3 Å². The smallest absolute Gasteiger partial charge is 0.422 e. The van der Waals surface area contributed by atoms with Crippen molar-refractivity contribution in [1.82, 2.24) is 14.7 Å². The van der Waals surface area contributed by atoms with E-state index in [0.29, 0.717) is 41.0 Å². The maximum atomic E-state index is 13.1. The summed E-state index contributed by atoms with van der Waals surface area (Å²) in [6, 6.07) is 17.3. The Morgan fingerprint density at radius 1 is 1.00 bits per heavy atom. The van der Waals surface area contributed by atoms with Gasteiger partial charge in [-0.05, 0) is 98.3 Å². The summed E-state index contributed by atoms with van der Waals surface area (Å²) in [6.07, 6.45) is 3.42. The van der Waals surface area contributed by atoms with Crippen LogP contribution in [0.25, 0.3) is 21.5 Å². The average Bonchev–Trinajstić information content (AvgIpc) is 3.08. The van der Waals surface area contributed by atoms with Gasteiger partial charge in [-0.25, -0.2) is 27.9 Å². The molecule has 2 atom stereocenters. The summed E-state index contributed by atoms with van der Waals surface area (Å²) in [5, 5.41) is 20.9. The molecule has 0 spiro atoms. The van der Waals surface area contributed by atoms with Gasteiger partial charge >= 0.3 is 16.3 Å². The molecule has 19 heteroatoms. The summed E-state index contributed by atoms with van der Waals surface area (Å²) in [5.74, 6) is -0.0412. The molecule has 0 aliphatic carbocycles. The molecule has 1 aliphatic heterocycles. The number of hydrogen-bond acceptors (Lipinski definition) is 13. The molecule has 5 rings (SSSR count). The van der Waals surface area contributed by atoms with Crippen molar-refractivity contribution in [2.45, 2.75) is 46.6 Å². The topological polar surface area (TPSA) is 230 Å². The van der Waals surface area contributed by atoms with Gasteiger partial charge in [0.2, 0.25) is 10.0 Å². The highest BCUT2D eigenvalue weighted by molar-refractivity contribution is 7.92. The number of aromatic nitrogens is 2. The van der Waals surface area contributed by atoms with Crippen LogP contribution in [0.2, 0.25) is 0 Å². The van der Waals surface area contributed by atoms with Crippen LogP contribution in [-0.4, -0.2) is 78.6 Å². The Kier molecular flexibility index (Phi) is 12.7. The number of hydrogen-bond donors (Lipinski definition) is 1. The number of ether oxygens (including phenoxy) is 1. The molecule has 1 amide bonds. The van der Waals surface area contributed by atoms with E-state index in [2.05, 4.69) is 16.9 Å². The van der Waals surface area contributed by atoms with Crippen LogP contribution in [0, 0.1) is 34.5 Å². The van der Waals surface area contributed by atoms with Crippen LogP contribution in [0.1, 0.15) is 52.4 Å². The fourth-order valence-corrected chi connectivity index (χ4v) is 8.93. The van der Waals surface area contributed by atoms with Gasteiger partial charge in [0.1, 0.15) is 29.1 Å². The number of pyridine rings is 2. The van der Waals surface area contributed by atoms with Gasteiger partial charge in [0.15, 0.2) is 0 Å². The van der Waals surface area contributed by atoms with Crippen LogP contribution in [-0.2, 0) is 39.3 Å². The highest BCUT2D eigenvalue weighted by Gasteiger charge is 2.31. The maximum Gasteiger partial charge on any atom is 0.422 e. The minimum Gasteiger partial charge on any atom is -0.443 e. The molecule has 2 aromatic carbocycles. The summed E-state index contributed by atoms with van der Waals surface area (Å²) >= 11 is 0. The highest BCUT2D eigenvalue weighted by Crippen LogP contribution is 2.30. The molecule has 0 bridgehead atoms. The lowest BCUT2D eigenvalue weighted by molar-refractivity contribution is 0.0570. The molecule has 1 N–H and O–H groups in total. The predicted molar refractivity (Wildman–Crippen MR) is 203 cm³/mol. The zero-order valence-electron chi connectivity index (χ0n) is 30.5. The second kappa shape index (κ2) is 16.5. The monoisotopic (exact) mass is 799 g/mol. The quantitative estimate of drug-likeness (QED) is 0.229. The number of nitriles is 2. The van der Waals surface area contributed by atoms with Gasteiger partial charge in [0.05, 0.1) is 30.0 Å². The van der Waals surface area contributed by atoms with Gasteiger partial charge in [0.25, 0.3) is 10.1 Å². The SMILES string of the molecule is C[C@@H]1CCS(=O)(=O)N(c2ccc3c(C#N)nccc3c2)C1.C[C@H](COS(C)(=O)=O)CN(c1ccc2c(C#N)nccc2c1)S(=O)(=O)NC(=O)OC(C)(C)C. The van der Waals surface area contributed by atoms with Crippen molar-refractivity contribution in [1.29, 1.82) is 10.5 Å². The largest absolute Gasteiger partial charge is 0.443 e. The van der Waals surface area contributed by atoms with E-state index >= 15 is 0 Å². The Labute approximate surface area is 315 Å².